The molecule has 7 heteroatoms. The molecule has 1 heterocycles. The second kappa shape index (κ2) is 10.6. The van der Waals surface area contributed by atoms with Gasteiger partial charge in [0.05, 0.1) is 20.8 Å². The van der Waals surface area contributed by atoms with Gasteiger partial charge in [0, 0.05) is 16.5 Å². The van der Waals surface area contributed by atoms with E-state index in [1.165, 1.54) is 17.4 Å². The first-order valence-electron chi connectivity index (χ1n) is 10.1. The number of rotatable bonds is 8. The SMILES string of the molecule is CCOC(=O)c1c(NC(=O)C=Cc2ccccc2)sc(C)c1-c1ccc(OC)c(OC)c1. The average molecular weight is 452 g/mol. The summed E-state index contributed by atoms with van der Waals surface area (Å²) in [5.74, 6) is 0.298. The highest BCUT2D eigenvalue weighted by atomic mass is 32.1. The van der Waals surface area contributed by atoms with Crippen molar-refractivity contribution in [1.29, 1.82) is 0 Å². The lowest BCUT2D eigenvalue weighted by molar-refractivity contribution is -0.111. The number of hydrogen-bond acceptors (Lipinski definition) is 6. The zero-order valence-corrected chi connectivity index (χ0v) is 19.2. The number of benzene rings is 2. The van der Waals surface area contributed by atoms with Gasteiger partial charge in [-0.1, -0.05) is 36.4 Å². The van der Waals surface area contributed by atoms with Crippen LogP contribution in [0.5, 0.6) is 11.5 Å². The van der Waals surface area contributed by atoms with Crippen LogP contribution in [0.2, 0.25) is 0 Å². The standard InChI is InChI=1S/C25H25NO5S/c1-5-31-25(28)23-22(18-12-13-19(29-3)20(15-18)30-4)16(2)32-24(23)26-21(27)14-11-17-9-7-6-8-10-17/h6-15H,5H2,1-4H3,(H,26,27). The molecule has 1 aromatic heterocycles. The summed E-state index contributed by atoms with van der Waals surface area (Å²) in [6, 6.07) is 14.9. The van der Waals surface area contributed by atoms with Gasteiger partial charge < -0.3 is 19.5 Å². The molecule has 0 saturated heterocycles. The minimum absolute atomic E-state index is 0.223. The Labute approximate surface area is 191 Å². The number of esters is 1. The molecule has 1 amide bonds. The zero-order valence-electron chi connectivity index (χ0n) is 18.4. The highest BCUT2D eigenvalue weighted by Gasteiger charge is 2.26. The van der Waals surface area contributed by atoms with Gasteiger partial charge in [-0.05, 0) is 43.2 Å². The highest BCUT2D eigenvalue weighted by molar-refractivity contribution is 7.17. The molecule has 1 N–H and O–H groups in total. The Hall–Kier alpha value is -3.58. The Balaban J connectivity index is 2.00. The highest BCUT2D eigenvalue weighted by Crippen LogP contribution is 2.42. The molecule has 0 aliphatic rings. The topological polar surface area (TPSA) is 73.9 Å². The molecule has 2 aromatic carbocycles. The molecule has 0 unspecified atom stereocenters. The van der Waals surface area contributed by atoms with Crippen molar-refractivity contribution in [3.63, 3.8) is 0 Å². The maximum atomic E-state index is 12.9. The monoisotopic (exact) mass is 451 g/mol. The molecule has 0 saturated carbocycles. The van der Waals surface area contributed by atoms with Crippen LogP contribution in [0, 0.1) is 6.92 Å². The van der Waals surface area contributed by atoms with E-state index in [0.717, 1.165) is 16.0 Å². The lowest BCUT2D eigenvalue weighted by atomic mass is 10.0. The van der Waals surface area contributed by atoms with E-state index in [-0.39, 0.29) is 12.5 Å². The Morgan fingerprint density at radius 1 is 1.03 bits per heavy atom. The number of carbonyl (C=O) groups is 2. The van der Waals surface area contributed by atoms with Crippen LogP contribution in [0.1, 0.15) is 27.7 Å². The number of ether oxygens (including phenoxy) is 3. The molecular weight excluding hydrogens is 426 g/mol. The Morgan fingerprint density at radius 3 is 2.41 bits per heavy atom. The van der Waals surface area contributed by atoms with E-state index in [2.05, 4.69) is 5.32 Å². The van der Waals surface area contributed by atoms with Crippen LogP contribution in [-0.2, 0) is 9.53 Å². The van der Waals surface area contributed by atoms with E-state index in [1.807, 2.05) is 43.3 Å². The molecule has 6 nitrogen and oxygen atoms in total. The first-order valence-corrected chi connectivity index (χ1v) is 10.9. The van der Waals surface area contributed by atoms with Crippen molar-refractivity contribution in [3.05, 3.63) is 70.6 Å². The molecule has 3 rings (SSSR count). The number of nitrogens with one attached hydrogen (secondary N) is 1. The van der Waals surface area contributed by atoms with Gasteiger partial charge in [-0.2, -0.15) is 0 Å². The maximum Gasteiger partial charge on any atom is 0.341 e. The molecule has 0 fully saturated rings. The van der Waals surface area contributed by atoms with Crippen LogP contribution in [0.15, 0.2) is 54.6 Å². The van der Waals surface area contributed by atoms with E-state index in [9.17, 15) is 9.59 Å². The fraction of sp³-hybridized carbons (Fsp3) is 0.200. The summed E-state index contributed by atoms with van der Waals surface area (Å²) in [5, 5.41) is 3.28. The molecular formula is C25H25NO5S. The third kappa shape index (κ3) is 5.18. The summed E-state index contributed by atoms with van der Waals surface area (Å²) in [5.41, 5.74) is 2.68. The second-order valence-electron chi connectivity index (χ2n) is 6.76. The predicted molar refractivity (Wildman–Crippen MR) is 128 cm³/mol. The Bertz CT molecular complexity index is 1130. The number of carbonyl (C=O) groups excluding carboxylic acids is 2. The second-order valence-corrected chi connectivity index (χ2v) is 7.99. The third-order valence-electron chi connectivity index (χ3n) is 4.70. The van der Waals surface area contributed by atoms with Crippen molar-refractivity contribution in [2.75, 3.05) is 26.1 Å². The number of thiophene rings is 1. The molecule has 0 bridgehead atoms. The van der Waals surface area contributed by atoms with E-state index in [0.29, 0.717) is 27.6 Å². The molecule has 32 heavy (non-hydrogen) atoms. The van der Waals surface area contributed by atoms with Gasteiger partial charge in [0.25, 0.3) is 0 Å². The summed E-state index contributed by atoms with van der Waals surface area (Å²) in [6.07, 6.45) is 3.16. The molecule has 3 aromatic rings. The lowest BCUT2D eigenvalue weighted by Crippen LogP contribution is -2.12. The van der Waals surface area contributed by atoms with E-state index < -0.39 is 5.97 Å². The molecule has 0 aliphatic heterocycles. The summed E-state index contributed by atoms with van der Waals surface area (Å²) < 4.78 is 16.0. The summed E-state index contributed by atoms with van der Waals surface area (Å²) in [7, 11) is 3.12. The van der Waals surface area contributed by atoms with Crippen LogP contribution in [0.25, 0.3) is 17.2 Å². The number of amides is 1. The Kier molecular flexibility index (Phi) is 7.68. The summed E-state index contributed by atoms with van der Waals surface area (Å²) in [6.45, 7) is 3.86. The molecule has 166 valence electrons. The van der Waals surface area contributed by atoms with Crippen molar-refractivity contribution in [2.24, 2.45) is 0 Å². The van der Waals surface area contributed by atoms with E-state index in [1.54, 1.807) is 39.4 Å². The molecule has 0 aliphatic carbocycles. The minimum atomic E-state index is -0.496. The van der Waals surface area contributed by atoms with Gasteiger partial charge in [-0.3, -0.25) is 4.79 Å². The van der Waals surface area contributed by atoms with Gasteiger partial charge in [-0.25, -0.2) is 4.79 Å². The van der Waals surface area contributed by atoms with Crippen LogP contribution >= 0.6 is 11.3 Å². The lowest BCUT2D eigenvalue weighted by Gasteiger charge is -2.12. The van der Waals surface area contributed by atoms with Crippen LogP contribution in [0.3, 0.4) is 0 Å². The van der Waals surface area contributed by atoms with E-state index >= 15 is 0 Å². The number of methoxy groups -OCH3 is 2. The number of anilines is 1. The summed E-state index contributed by atoms with van der Waals surface area (Å²) in [4.78, 5) is 26.3. The van der Waals surface area contributed by atoms with Crippen molar-refractivity contribution in [2.45, 2.75) is 13.8 Å². The van der Waals surface area contributed by atoms with Crippen molar-refractivity contribution < 1.29 is 23.8 Å². The summed E-state index contributed by atoms with van der Waals surface area (Å²) >= 11 is 1.32. The molecule has 0 spiro atoms. The maximum absolute atomic E-state index is 12.9. The van der Waals surface area contributed by atoms with Crippen LogP contribution in [-0.4, -0.2) is 32.7 Å². The normalized spacial score (nSPS) is 10.8. The molecule has 0 atom stereocenters. The van der Waals surface area contributed by atoms with Gasteiger partial charge in [0.1, 0.15) is 10.6 Å². The first-order chi connectivity index (χ1) is 15.5. The van der Waals surface area contributed by atoms with Gasteiger partial charge in [0.15, 0.2) is 11.5 Å². The van der Waals surface area contributed by atoms with Gasteiger partial charge in [0.2, 0.25) is 5.91 Å². The predicted octanol–water partition coefficient (Wildman–Crippen LogP) is 5.57. The smallest absolute Gasteiger partial charge is 0.341 e. The van der Waals surface area contributed by atoms with Crippen molar-refractivity contribution in [3.8, 4) is 22.6 Å². The van der Waals surface area contributed by atoms with Crippen LogP contribution < -0.4 is 14.8 Å². The van der Waals surface area contributed by atoms with E-state index in [4.69, 9.17) is 14.2 Å². The van der Waals surface area contributed by atoms with Crippen molar-refractivity contribution >= 4 is 34.3 Å². The van der Waals surface area contributed by atoms with Gasteiger partial charge >= 0.3 is 5.97 Å². The van der Waals surface area contributed by atoms with Gasteiger partial charge in [-0.15, -0.1) is 11.3 Å². The van der Waals surface area contributed by atoms with Crippen molar-refractivity contribution in [1.82, 2.24) is 0 Å². The third-order valence-corrected chi connectivity index (χ3v) is 5.72. The Morgan fingerprint density at radius 2 is 1.75 bits per heavy atom. The fourth-order valence-corrected chi connectivity index (χ4v) is 4.33. The average Bonchev–Trinajstić information content (AvgIpc) is 3.13. The zero-order chi connectivity index (χ0) is 23.1. The molecule has 0 radical (unpaired) electrons. The first kappa shape index (κ1) is 23.1. The number of hydrogen-bond donors (Lipinski definition) is 1. The van der Waals surface area contributed by atoms with Crippen LogP contribution in [0.4, 0.5) is 5.00 Å². The largest absolute Gasteiger partial charge is 0.493 e. The quantitative estimate of drug-likeness (QED) is 0.358. The fourth-order valence-electron chi connectivity index (χ4n) is 3.26. The minimum Gasteiger partial charge on any atom is -0.493 e. The number of aryl methyl sites for hydroxylation is 1.